The van der Waals surface area contributed by atoms with E-state index in [1.807, 2.05) is 0 Å². The Morgan fingerprint density at radius 1 is 0.659 bits per heavy atom. The van der Waals surface area contributed by atoms with Crippen molar-refractivity contribution in [3.63, 3.8) is 0 Å². The highest BCUT2D eigenvalue weighted by Crippen LogP contribution is 2.40. The summed E-state index contributed by atoms with van der Waals surface area (Å²) in [5, 5.41) is 15.3. The number of ether oxygens (including phenoxy) is 7. The normalized spacial score (nSPS) is 13.8. The van der Waals surface area contributed by atoms with Crippen LogP contribution in [-0.2, 0) is 9.47 Å². The Morgan fingerprint density at radius 3 is 1.52 bits per heavy atom. The highest BCUT2D eigenvalue weighted by molar-refractivity contribution is 5.86. The molecule has 0 spiro atoms. The number of nitrogens with one attached hydrogen (secondary N) is 2. The molecule has 2 aromatic carbocycles. The number of amides is 2. The number of hydrogen-bond donors (Lipinski definition) is 3. The lowest BCUT2D eigenvalue weighted by molar-refractivity contribution is 0.149. The summed E-state index contributed by atoms with van der Waals surface area (Å²) in [5.41, 5.74) is 0.809. The van der Waals surface area contributed by atoms with E-state index in [9.17, 15) is 14.7 Å². The van der Waals surface area contributed by atoms with Gasteiger partial charge in [0.15, 0.2) is 23.0 Å². The first kappa shape index (κ1) is 34.2. The SMILES string of the molecule is COc1cc(NC(=O)OCCCN2CCCN(CCCOC(=O)Nc3cc(OC)c(OC)c(OC)c3)CC2)cc(O)c1OC. The molecule has 1 aliphatic rings. The zero-order valence-corrected chi connectivity index (χ0v) is 26.1. The minimum Gasteiger partial charge on any atom is -0.504 e. The van der Waals surface area contributed by atoms with Crippen LogP contribution in [-0.4, -0.2) is 115 Å². The summed E-state index contributed by atoms with van der Waals surface area (Å²) in [5.74, 6) is 1.64. The Morgan fingerprint density at radius 2 is 1.09 bits per heavy atom. The van der Waals surface area contributed by atoms with E-state index in [-0.39, 0.29) is 18.1 Å². The Bertz CT molecular complexity index is 1200. The van der Waals surface area contributed by atoms with Gasteiger partial charge in [0.05, 0.1) is 60.1 Å². The molecule has 244 valence electrons. The standard InChI is InChI=1S/C30H44N4O10/c1-38-24-18-21(17-23(35)27(24)41-4)31-29(36)43-15-7-11-33-9-6-10-34(14-13-33)12-8-16-44-30(37)32-22-19-25(39-2)28(42-5)26(20-22)40-3/h17-20,35H,6-16H2,1-5H3,(H,31,36)(H,32,37). The Hall–Kier alpha value is -4.30. The molecule has 1 fully saturated rings. The first-order valence-electron chi connectivity index (χ1n) is 14.4. The molecule has 1 aliphatic heterocycles. The van der Waals surface area contributed by atoms with Crippen LogP contribution < -0.4 is 34.3 Å². The molecule has 2 aromatic rings. The van der Waals surface area contributed by atoms with Gasteiger partial charge in [-0.3, -0.25) is 10.6 Å². The highest BCUT2D eigenvalue weighted by atomic mass is 16.6. The predicted octanol–water partition coefficient (Wildman–Crippen LogP) is 4.02. The molecular weight excluding hydrogens is 576 g/mol. The minimum atomic E-state index is -0.613. The van der Waals surface area contributed by atoms with Crippen molar-refractivity contribution in [3.8, 4) is 34.5 Å². The van der Waals surface area contributed by atoms with Crippen molar-refractivity contribution in [2.75, 3.05) is 98.7 Å². The fraction of sp³-hybridized carbons (Fsp3) is 0.533. The molecule has 1 heterocycles. The molecule has 0 aliphatic carbocycles. The quantitative estimate of drug-likeness (QED) is 0.247. The monoisotopic (exact) mass is 620 g/mol. The molecule has 3 rings (SSSR count). The molecule has 14 heteroatoms. The number of anilines is 2. The van der Waals surface area contributed by atoms with Gasteiger partial charge in [-0.25, -0.2) is 9.59 Å². The van der Waals surface area contributed by atoms with E-state index in [0.29, 0.717) is 53.8 Å². The van der Waals surface area contributed by atoms with Gasteiger partial charge >= 0.3 is 12.2 Å². The van der Waals surface area contributed by atoms with Crippen molar-refractivity contribution in [3.05, 3.63) is 24.3 Å². The molecule has 44 heavy (non-hydrogen) atoms. The van der Waals surface area contributed by atoms with Gasteiger partial charge in [-0.05, 0) is 32.4 Å². The van der Waals surface area contributed by atoms with Crippen LogP contribution in [0.15, 0.2) is 24.3 Å². The number of phenolic OH excluding ortho intramolecular Hbond substituents is 1. The van der Waals surface area contributed by atoms with Gasteiger partial charge in [-0.15, -0.1) is 0 Å². The Balaban J connectivity index is 1.30. The molecule has 3 N–H and O–H groups in total. The van der Waals surface area contributed by atoms with Crippen molar-refractivity contribution >= 4 is 23.6 Å². The number of phenols is 1. The fourth-order valence-electron chi connectivity index (χ4n) is 4.86. The molecule has 0 unspecified atom stereocenters. The zero-order valence-electron chi connectivity index (χ0n) is 26.1. The van der Waals surface area contributed by atoms with Gasteiger partial charge < -0.3 is 48.1 Å². The molecule has 2 amide bonds. The van der Waals surface area contributed by atoms with Crippen LogP contribution in [0.25, 0.3) is 0 Å². The Kier molecular flexibility index (Phi) is 13.8. The second-order valence-electron chi connectivity index (χ2n) is 9.91. The van der Waals surface area contributed by atoms with Crippen LogP contribution in [0.2, 0.25) is 0 Å². The summed E-state index contributed by atoms with van der Waals surface area (Å²) in [4.78, 5) is 29.2. The number of rotatable bonds is 15. The first-order chi connectivity index (χ1) is 21.3. The van der Waals surface area contributed by atoms with Gasteiger partial charge in [0, 0.05) is 50.4 Å². The van der Waals surface area contributed by atoms with E-state index in [1.165, 1.54) is 41.6 Å². The summed E-state index contributed by atoms with van der Waals surface area (Å²) >= 11 is 0. The molecule has 0 saturated carbocycles. The third-order valence-corrected chi connectivity index (χ3v) is 7.00. The maximum atomic E-state index is 12.3. The van der Waals surface area contributed by atoms with Crippen LogP contribution in [0, 0.1) is 0 Å². The highest BCUT2D eigenvalue weighted by Gasteiger charge is 2.17. The van der Waals surface area contributed by atoms with Crippen molar-refractivity contribution in [2.45, 2.75) is 19.3 Å². The average molecular weight is 621 g/mol. The summed E-state index contributed by atoms with van der Waals surface area (Å²) in [6.07, 6.45) is 1.26. The molecule has 0 atom stereocenters. The van der Waals surface area contributed by atoms with Crippen molar-refractivity contribution in [1.82, 2.24) is 9.80 Å². The fourth-order valence-corrected chi connectivity index (χ4v) is 4.86. The number of carbonyl (C=O) groups is 2. The van der Waals surface area contributed by atoms with Crippen LogP contribution in [0.3, 0.4) is 0 Å². The lowest BCUT2D eigenvalue weighted by Crippen LogP contribution is -2.32. The van der Waals surface area contributed by atoms with Crippen LogP contribution in [0.4, 0.5) is 21.0 Å². The predicted molar refractivity (Wildman–Crippen MR) is 164 cm³/mol. The van der Waals surface area contributed by atoms with E-state index >= 15 is 0 Å². The first-order valence-corrected chi connectivity index (χ1v) is 14.4. The van der Waals surface area contributed by atoms with Gasteiger partial charge in [0.1, 0.15) is 0 Å². The maximum absolute atomic E-state index is 12.3. The minimum absolute atomic E-state index is 0.150. The van der Waals surface area contributed by atoms with E-state index in [0.717, 1.165) is 45.7 Å². The van der Waals surface area contributed by atoms with Crippen molar-refractivity contribution in [2.24, 2.45) is 0 Å². The molecule has 0 aromatic heterocycles. The molecule has 0 radical (unpaired) electrons. The van der Waals surface area contributed by atoms with Crippen molar-refractivity contribution < 1.29 is 47.9 Å². The van der Waals surface area contributed by atoms with Gasteiger partial charge in [0.2, 0.25) is 11.5 Å². The Labute approximate surface area is 258 Å². The summed E-state index contributed by atoms with van der Waals surface area (Å²) < 4.78 is 36.9. The van der Waals surface area contributed by atoms with E-state index in [2.05, 4.69) is 20.4 Å². The largest absolute Gasteiger partial charge is 0.504 e. The number of aromatic hydroxyl groups is 1. The van der Waals surface area contributed by atoms with Crippen LogP contribution in [0.1, 0.15) is 19.3 Å². The molecule has 0 bridgehead atoms. The van der Waals surface area contributed by atoms with E-state index in [1.54, 1.807) is 18.2 Å². The summed E-state index contributed by atoms with van der Waals surface area (Å²) in [6, 6.07) is 6.18. The summed E-state index contributed by atoms with van der Waals surface area (Å²) in [6.45, 7) is 5.91. The molecule has 14 nitrogen and oxygen atoms in total. The second kappa shape index (κ2) is 17.7. The van der Waals surface area contributed by atoms with Gasteiger partial charge in [-0.2, -0.15) is 0 Å². The van der Waals surface area contributed by atoms with Crippen molar-refractivity contribution in [1.29, 1.82) is 0 Å². The zero-order chi connectivity index (χ0) is 31.9. The lowest BCUT2D eigenvalue weighted by atomic mass is 10.2. The van der Waals surface area contributed by atoms with Crippen LogP contribution >= 0.6 is 0 Å². The van der Waals surface area contributed by atoms with Gasteiger partial charge in [-0.1, -0.05) is 0 Å². The summed E-state index contributed by atoms with van der Waals surface area (Å²) in [7, 11) is 7.39. The topological polar surface area (TPSA) is 150 Å². The van der Waals surface area contributed by atoms with Gasteiger partial charge in [0.25, 0.3) is 0 Å². The molecular formula is C30H44N4O10. The van der Waals surface area contributed by atoms with Crippen LogP contribution in [0.5, 0.6) is 34.5 Å². The third-order valence-electron chi connectivity index (χ3n) is 7.00. The smallest absolute Gasteiger partial charge is 0.411 e. The third kappa shape index (κ3) is 10.2. The van der Waals surface area contributed by atoms with E-state index in [4.69, 9.17) is 33.2 Å². The number of nitrogens with zero attached hydrogens (tertiary/aromatic N) is 2. The maximum Gasteiger partial charge on any atom is 0.411 e. The number of carbonyl (C=O) groups excluding carboxylic acids is 2. The average Bonchev–Trinajstić information content (AvgIpc) is 3.25. The molecule has 1 saturated heterocycles. The number of hydrogen-bond acceptors (Lipinski definition) is 12. The lowest BCUT2D eigenvalue weighted by Gasteiger charge is -2.21. The number of methoxy groups -OCH3 is 5. The van der Waals surface area contributed by atoms with E-state index < -0.39 is 12.2 Å². The number of benzene rings is 2. The second-order valence-corrected chi connectivity index (χ2v) is 9.91.